The minimum absolute atomic E-state index is 0. The summed E-state index contributed by atoms with van der Waals surface area (Å²) in [5, 5.41) is 20.8. The molecule has 15 heavy (non-hydrogen) atoms. The first-order valence-corrected chi connectivity index (χ1v) is 4.19. The Balaban J connectivity index is -0.000000720. The molecule has 0 N–H and O–H groups in total. The second-order valence-corrected chi connectivity index (χ2v) is 3.82. The molecule has 0 radical (unpaired) electrons. The van der Waals surface area contributed by atoms with Crippen LogP contribution in [0.3, 0.4) is 0 Å². The van der Waals surface area contributed by atoms with Gasteiger partial charge in [0.1, 0.15) is 0 Å². The van der Waals surface area contributed by atoms with Gasteiger partial charge in [0.15, 0.2) is 0 Å². The van der Waals surface area contributed by atoms with Crippen molar-refractivity contribution in [2.45, 2.75) is 33.6 Å². The average Bonchev–Trinajstić information content (AvgIpc) is 1.99. The molecule has 1 atom stereocenters. The zero-order valence-corrected chi connectivity index (χ0v) is 14.1. The van der Waals surface area contributed by atoms with E-state index >= 15 is 0 Å². The van der Waals surface area contributed by atoms with Crippen LogP contribution in [0.2, 0.25) is 0 Å². The summed E-state index contributed by atoms with van der Waals surface area (Å²) >= 11 is 0. The number of hydrogen-bond acceptors (Lipinski definition) is 4. The first-order chi connectivity index (χ1) is 5.78. The van der Waals surface area contributed by atoms with Crippen LogP contribution in [0.1, 0.15) is 33.6 Å². The largest absolute Gasteiger partial charge is 1.00 e. The molecule has 0 aliphatic heterocycles. The molecule has 0 amide bonds. The standard InChI is InChI=1S/C9H16O4.2Na/c1-6(4-5-7(10)11)9(2,3)8(12)13;;/h6H,4-5H2,1-3H3,(H,10,11)(H,12,13);;/q;2*+1/p-2. The van der Waals surface area contributed by atoms with Crippen LogP contribution in [0.25, 0.3) is 0 Å². The van der Waals surface area contributed by atoms with Gasteiger partial charge in [0, 0.05) is 17.4 Å². The zero-order chi connectivity index (χ0) is 10.6. The number of carbonyl (C=O) groups excluding carboxylic acids is 2. The number of hydrogen-bond donors (Lipinski definition) is 0. The van der Waals surface area contributed by atoms with Crippen molar-refractivity contribution in [2.75, 3.05) is 0 Å². The second kappa shape index (κ2) is 9.02. The normalized spacial score (nSPS) is 11.9. The van der Waals surface area contributed by atoms with E-state index in [0.29, 0.717) is 6.42 Å². The van der Waals surface area contributed by atoms with E-state index < -0.39 is 17.4 Å². The topological polar surface area (TPSA) is 80.3 Å². The molecule has 0 fully saturated rings. The van der Waals surface area contributed by atoms with Gasteiger partial charge in [-0.3, -0.25) is 0 Å². The maximum Gasteiger partial charge on any atom is 1.00 e. The average molecular weight is 232 g/mol. The Bertz CT molecular complexity index is 216. The van der Waals surface area contributed by atoms with Gasteiger partial charge in [0.05, 0.1) is 0 Å². The molecule has 76 valence electrons. The summed E-state index contributed by atoms with van der Waals surface area (Å²) in [6, 6.07) is 0. The van der Waals surface area contributed by atoms with Crippen molar-refractivity contribution < 1.29 is 78.9 Å². The first kappa shape index (κ1) is 21.2. The van der Waals surface area contributed by atoms with Crippen LogP contribution >= 0.6 is 0 Å². The molecule has 6 heteroatoms. The van der Waals surface area contributed by atoms with Gasteiger partial charge in [-0.05, 0) is 18.8 Å². The second-order valence-electron chi connectivity index (χ2n) is 3.82. The summed E-state index contributed by atoms with van der Waals surface area (Å²) in [6.45, 7) is 4.75. The molecule has 0 aliphatic rings. The van der Waals surface area contributed by atoms with Gasteiger partial charge >= 0.3 is 59.1 Å². The summed E-state index contributed by atoms with van der Waals surface area (Å²) in [6.07, 6.45) is 0.182. The minimum atomic E-state index is -1.15. The zero-order valence-electron chi connectivity index (χ0n) is 10.1. The molecule has 1 unspecified atom stereocenters. The first-order valence-electron chi connectivity index (χ1n) is 4.19. The Morgan fingerprint density at radius 3 is 1.87 bits per heavy atom. The van der Waals surface area contributed by atoms with E-state index in [1.165, 1.54) is 13.8 Å². The summed E-state index contributed by atoms with van der Waals surface area (Å²) < 4.78 is 0. The third-order valence-electron chi connectivity index (χ3n) is 2.54. The number of aliphatic carboxylic acids is 2. The van der Waals surface area contributed by atoms with Crippen molar-refractivity contribution in [2.24, 2.45) is 11.3 Å². The number of carboxylic acid groups (broad SMARTS) is 2. The molecule has 0 aliphatic carbocycles. The predicted molar refractivity (Wildman–Crippen MR) is 42.2 cm³/mol. The van der Waals surface area contributed by atoms with Crippen LogP contribution in [-0.4, -0.2) is 11.9 Å². The Labute approximate surface area is 134 Å². The summed E-state index contributed by atoms with van der Waals surface area (Å²) in [5.41, 5.74) is -0.991. The van der Waals surface area contributed by atoms with E-state index in [2.05, 4.69) is 0 Å². The Kier molecular flexibility index (Phi) is 12.8. The van der Waals surface area contributed by atoms with Gasteiger partial charge in [-0.2, -0.15) is 0 Å². The Morgan fingerprint density at radius 2 is 1.60 bits per heavy atom. The van der Waals surface area contributed by atoms with Crippen LogP contribution in [0, 0.1) is 11.3 Å². The molecule has 4 nitrogen and oxygen atoms in total. The number of carbonyl (C=O) groups is 2. The third-order valence-corrected chi connectivity index (χ3v) is 2.54. The van der Waals surface area contributed by atoms with Crippen molar-refractivity contribution in [3.8, 4) is 0 Å². The summed E-state index contributed by atoms with van der Waals surface area (Å²) in [4.78, 5) is 20.8. The van der Waals surface area contributed by atoms with Crippen molar-refractivity contribution >= 4 is 11.9 Å². The summed E-state index contributed by atoms with van der Waals surface area (Å²) in [7, 11) is 0. The smallest absolute Gasteiger partial charge is 0.550 e. The van der Waals surface area contributed by atoms with Crippen LogP contribution in [0.4, 0.5) is 0 Å². The molecule has 0 heterocycles. The Morgan fingerprint density at radius 1 is 1.20 bits per heavy atom. The van der Waals surface area contributed by atoms with Crippen molar-refractivity contribution in [1.29, 1.82) is 0 Å². The van der Waals surface area contributed by atoms with Crippen LogP contribution < -0.4 is 69.3 Å². The maximum absolute atomic E-state index is 10.6. The SMILES string of the molecule is CC(CCC(=O)[O-])C(C)(C)C(=O)[O-].[Na+].[Na+]. The van der Waals surface area contributed by atoms with E-state index in [1.807, 2.05) is 0 Å². The monoisotopic (exact) mass is 232 g/mol. The van der Waals surface area contributed by atoms with E-state index in [-0.39, 0.29) is 71.5 Å². The maximum atomic E-state index is 10.6. The van der Waals surface area contributed by atoms with Crippen LogP contribution in [0.15, 0.2) is 0 Å². The van der Waals surface area contributed by atoms with E-state index in [4.69, 9.17) is 0 Å². The van der Waals surface area contributed by atoms with E-state index in [9.17, 15) is 19.8 Å². The minimum Gasteiger partial charge on any atom is -0.550 e. The van der Waals surface area contributed by atoms with Gasteiger partial charge in [0.2, 0.25) is 0 Å². The van der Waals surface area contributed by atoms with Gasteiger partial charge in [-0.1, -0.05) is 20.8 Å². The number of rotatable bonds is 5. The van der Waals surface area contributed by atoms with E-state index in [0.717, 1.165) is 0 Å². The number of carboxylic acids is 2. The molecule has 0 spiro atoms. The fourth-order valence-corrected chi connectivity index (χ4v) is 0.896. The third kappa shape index (κ3) is 7.77. The molecular weight excluding hydrogens is 218 g/mol. The van der Waals surface area contributed by atoms with Gasteiger partial charge in [-0.15, -0.1) is 0 Å². The van der Waals surface area contributed by atoms with Crippen LogP contribution in [0.5, 0.6) is 0 Å². The van der Waals surface area contributed by atoms with Crippen molar-refractivity contribution in [3.63, 3.8) is 0 Å². The molecule has 0 saturated heterocycles. The Hall–Kier alpha value is 0.940. The molecular formula is C9H14Na2O4. The van der Waals surface area contributed by atoms with Gasteiger partial charge in [-0.25, -0.2) is 0 Å². The van der Waals surface area contributed by atoms with Crippen LogP contribution in [-0.2, 0) is 9.59 Å². The van der Waals surface area contributed by atoms with Crippen molar-refractivity contribution in [3.05, 3.63) is 0 Å². The molecule has 0 rings (SSSR count). The molecule has 0 aromatic rings. The van der Waals surface area contributed by atoms with E-state index in [1.54, 1.807) is 6.92 Å². The molecule has 0 aromatic carbocycles. The van der Waals surface area contributed by atoms with Crippen molar-refractivity contribution in [1.82, 2.24) is 0 Å². The quantitative estimate of drug-likeness (QED) is 0.441. The molecule has 0 saturated carbocycles. The summed E-state index contributed by atoms with van der Waals surface area (Å²) in [5.74, 6) is -2.55. The predicted octanol–water partition coefficient (Wildman–Crippen LogP) is -7.06. The molecule has 0 bridgehead atoms. The van der Waals surface area contributed by atoms with Gasteiger partial charge < -0.3 is 19.8 Å². The van der Waals surface area contributed by atoms with Gasteiger partial charge in [0.25, 0.3) is 0 Å². The fraction of sp³-hybridized carbons (Fsp3) is 0.778. The molecule has 0 aromatic heterocycles. The fourth-order valence-electron chi connectivity index (χ4n) is 0.896.